The van der Waals surface area contributed by atoms with E-state index < -0.39 is 10.0 Å². The quantitative estimate of drug-likeness (QED) is 0.792. The lowest BCUT2D eigenvalue weighted by atomic mass is 10.1. The molecule has 1 aliphatic rings. The summed E-state index contributed by atoms with van der Waals surface area (Å²) in [6.07, 6.45) is 1.03. The second kappa shape index (κ2) is 8.66. The normalized spacial score (nSPS) is 16.5. The zero-order valence-electron chi connectivity index (χ0n) is 15.2. The van der Waals surface area contributed by atoms with Gasteiger partial charge < -0.3 is 9.64 Å². The van der Waals surface area contributed by atoms with Gasteiger partial charge in [-0.1, -0.05) is 30.3 Å². The number of hydrogen-bond donors (Lipinski definition) is 1. The molecular formula is C20H27N2O3S+. The number of quaternary nitrogens is 1. The van der Waals surface area contributed by atoms with Gasteiger partial charge in [0.05, 0.1) is 44.2 Å². The van der Waals surface area contributed by atoms with E-state index in [9.17, 15) is 8.42 Å². The molecule has 1 heterocycles. The first-order chi connectivity index (χ1) is 12.6. The van der Waals surface area contributed by atoms with E-state index in [0.717, 1.165) is 26.1 Å². The maximum Gasteiger partial charge on any atom is 0.243 e. The molecule has 1 N–H and O–H groups in total. The Hall–Kier alpha value is -1.89. The van der Waals surface area contributed by atoms with Crippen LogP contribution in [0.2, 0.25) is 0 Å². The third-order valence-corrected chi connectivity index (χ3v) is 6.72. The standard InChI is InChI=1S/C20H26N2O3S/c1-2-25-19-8-10-20(11-9-19)26(23,24)22-16-14-21(15-17-22)13-12-18-6-4-3-5-7-18/h3-11H,2,12-17H2,1H3/p+1. The van der Waals surface area contributed by atoms with Gasteiger partial charge in [-0.25, -0.2) is 8.42 Å². The summed E-state index contributed by atoms with van der Waals surface area (Å²) in [6, 6.07) is 17.1. The molecule has 0 aliphatic carbocycles. The van der Waals surface area contributed by atoms with Crippen LogP contribution in [0.15, 0.2) is 59.5 Å². The lowest BCUT2D eigenvalue weighted by molar-refractivity contribution is -0.903. The SMILES string of the molecule is CCOc1ccc(S(=O)(=O)N2CC[NH+](CCc3ccccc3)CC2)cc1. The molecule has 140 valence electrons. The summed E-state index contributed by atoms with van der Waals surface area (Å²) in [5.41, 5.74) is 1.34. The van der Waals surface area contributed by atoms with Crippen LogP contribution in [0.5, 0.6) is 5.75 Å². The molecule has 0 atom stereocenters. The van der Waals surface area contributed by atoms with Gasteiger partial charge >= 0.3 is 0 Å². The molecule has 0 amide bonds. The highest BCUT2D eigenvalue weighted by molar-refractivity contribution is 7.89. The minimum absolute atomic E-state index is 0.341. The first kappa shape index (κ1) is 18.9. The number of benzene rings is 2. The van der Waals surface area contributed by atoms with Crippen molar-refractivity contribution in [3.8, 4) is 5.75 Å². The number of sulfonamides is 1. The van der Waals surface area contributed by atoms with Gasteiger partial charge in [-0.05, 0) is 36.8 Å². The Labute approximate surface area is 156 Å². The first-order valence-electron chi connectivity index (χ1n) is 9.20. The van der Waals surface area contributed by atoms with Crippen molar-refractivity contribution in [3.63, 3.8) is 0 Å². The lowest BCUT2D eigenvalue weighted by Gasteiger charge is -2.31. The van der Waals surface area contributed by atoms with Crippen molar-refractivity contribution in [2.24, 2.45) is 0 Å². The molecule has 1 fully saturated rings. The monoisotopic (exact) mass is 375 g/mol. The van der Waals surface area contributed by atoms with E-state index in [2.05, 4.69) is 24.3 Å². The van der Waals surface area contributed by atoms with Crippen LogP contribution in [-0.4, -0.2) is 52.1 Å². The molecule has 2 aromatic rings. The fourth-order valence-electron chi connectivity index (χ4n) is 3.28. The van der Waals surface area contributed by atoms with Gasteiger partial charge in [0.2, 0.25) is 10.0 Å². The number of nitrogens with zero attached hydrogens (tertiary/aromatic N) is 1. The number of hydrogen-bond acceptors (Lipinski definition) is 3. The van der Waals surface area contributed by atoms with Crippen molar-refractivity contribution in [2.45, 2.75) is 18.2 Å². The van der Waals surface area contributed by atoms with Crippen molar-refractivity contribution in [2.75, 3.05) is 39.3 Å². The fraction of sp³-hybridized carbons (Fsp3) is 0.400. The Balaban J connectivity index is 1.54. The van der Waals surface area contributed by atoms with Gasteiger partial charge in [-0.2, -0.15) is 4.31 Å². The van der Waals surface area contributed by atoms with Crippen LogP contribution in [0.1, 0.15) is 12.5 Å². The topological polar surface area (TPSA) is 51.1 Å². The molecule has 0 radical (unpaired) electrons. The van der Waals surface area contributed by atoms with E-state index in [-0.39, 0.29) is 0 Å². The third-order valence-electron chi connectivity index (χ3n) is 4.81. The van der Waals surface area contributed by atoms with Gasteiger partial charge in [-0.3, -0.25) is 0 Å². The number of piperazine rings is 1. The third kappa shape index (κ3) is 4.63. The van der Waals surface area contributed by atoms with Crippen molar-refractivity contribution >= 4 is 10.0 Å². The average molecular weight is 376 g/mol. The van der Waals surface area contributed by atoms with Gasteiger partial charge in [0, 0.05) is 6.42 Å². The molecule has 0 spiro atoms. The zero-order chi connectivity index (χ0) is 18.4. The van der Waals surface area contributed by atoms with Crippen molar-refractivity contribution in [1.29, 1.82) is 0 Å². The van der Waals surface area contributed by atoms with Crippen molar-refractivity contribution in [3.05, 3.63) is 60.2 Å². The first-order valence-corrected chi connectivity index (χ1v) is 10.6. The minimum Gasteiger partial charge on any atom is -0.494 e. The summed E-state index contributed by atoms with van der Waals surface area (Å²) >= 11 is 0. The van der Waals surface area contributed by atoms with Crippen molar-refractivity contribution in [1.82, 2.24) is 4.31 Å². The highest BCUT2D eigenvalue weighted by atomic mass is 32.2. The molecule has 0 aromatic heterocycles. The smallest absolute Gasteiger partial charge is 0.243 e. The van der Waals surface area contributed by atoms with Gasteiger partial charge in [-0.15, -0.1) is 0 Å². The van der Waals surface area contributed by atoms with Crippen LogP contribution in [0.4, 0.5) is 0 Å². The Morgan fingerprint density at radius 2 is 1.65 bits per heavy atom. The van der Waals surface area contributed by atoms with E-state index in [1.807, 2.05) is 13.0 Å². The summed E-state index contributed by atoms with van der Waals surface area (Å²) in [6.45, 7) is 6.36. The molecule has 0 unspecified atom stereocenters. The van der Waals surface area contributed by atoms with Crippen LogP contribution in [-0.2, 0) is 16.4 Å². The molecule has 6 heteroatoms. The molecule has 1 aliphatic heterocycles. The minimum atomic E-state index is -3.42. The fourth-order valence-corrected chi connectivity index (χ4v) is 4.72. The lowest BCUT2D eigenvalue weighted by Crippen LogP contribution is -3.15. The Bertz CT molecular complexity index is 784. The average Bonchev–Trinajstić information content (AvgIpc) is 2.68. The van der Waals surface area contributed by atoms with E-state index >= 15 is 0 Å². The molecule has 5 nitrogen and oxygen atoms in total. The molecule has 3 rings (SSSR count). The Kier molecular flexibility index (Phi) is 6.29. The summed E-state index contributed by atoms with van der Waals surface area (Å²) in [5, 5.41) is 0. The predicted molar refractivity (Wildman–Crippen MR) is 102 cm³/mol. The predicted octanol–water partition coefficient (Wildman–Crippen LogP) is 1.22. The highest BCUT2D eigenvalue weighted by Crippen LogP contribution is 2.19. The second-order valence-corrected chi connectivity index (χ2v) is 8.48. The zero-order valence-corrected chi connectivity index (χ0v) is 16.0. The van der Waals surface area contributed by atoms with Gasteiger partial charge in [0.15, 0.2) is 0 Å². The maximum atomic E-state index is 12.8. The summed E-state index contributed by atoms with van der Waals surface area (Å²) in [5.74, 6) is 0.696. The molecule has 0 bridgehead atoms. The highest BCUT2D eigenvalue weighted by Gasteiger charge is 2.30. The molecule has 2 aromatic carbocycles. The summed E-state index contributed by atoms with van der Waals surface area (Å²) in [7, 11) is -3.42. The Morgan fingerprint density at radius 3 is 2.27 bits per heavy atom. The summed E-state index contributed by atoms with van der Waals surface area (Å²) < 4.78 is 32.6. The molecular weight excluding hydrogens is 348 g/mol. The Morgan fingerprint density at radius 1 is 1.00 bits per heavy atom. The number of rotatable bonds is 7. The van der Waals surface area contributed by atoms with Gasteiger partial charge in [0.25, 0.3) is 0 Å². The van der Waals surface area contributed by atoms with Gasteiger partial charge in [0.1, 0.15) is 5.75 Å². The van der Waals surface area contributed by atoms with Crippen LogP contribution in [0, 0.1) is 0 Å². The number of nitrogens with one attached hydrogen (secondary N) is 1. The second-order valence-electron chi connectivity index (χ2n) is 6.54. The largest absolute Gasteiger partial charge is 0.494 e. The van der Waals surface area contributed by atoms with Crippen LogP contribution in [0.25, 0.3) is 0 Å². The van der Waals surface area contributed by atoms with Crippen LogP contribution < -0.4 is 9.64 Å². The number of ether oxygens (including phenoxy) is 1. The van der Waals surface area contributed by atoms with E-state index in [1.165, 1.54) is 10.5 Å². The van der Waals surface area contributed by atoms with E-state index in [1.54, 1.807) is 28.6 Å². The van der Waals surface area contributed by atoms with E-state index in [0.29, 0.717) is 30.3 Å². The van der Waals surface area contributed by atoms with Crippen molar-refractivity contribution < 1.29 is 18.1 Å². The van der Waals surface area contributed by atoms with Crippen LogP contribution >= 0.6 is 0 Å². The molecule has 0 saturated carbocycles. The molecule has 1 saturated heterocycles. The maximum absolute atomic E-state index is 12.8. The van der Waals surface area contributed by atoms with Crippen LogP contribution in [0.3, 0.4) is 0 Å². The van der Waals surface area contributed by atoms with E-state index in [4.69, 9.17) is 4.74 Å². The summed E-state index contributed by atoms with van der Waals surface area (Å²) in [4.78, 5) is 1.81. The molecule has 26 heavy (non-hydrogen) atoms.